The zero-order valence-electron chi connectivity index (χ0n) is 55.0. The molecule has 0 radical (unpaired) electrons. The zero-order valence-corrected chi connectivity index (χ0v) is 55.0. The molecule has 6 nitrogen and oxygen atoms in total. The fraction of sp³-hybridized carbons (Fsp3) is 0.842. The molecule has 0 fully saturated rings. The summed E-state index contributed by atoms with van der Waals surface area (Å²) in [5.74, 6) is -0.0568. The molecule has 0 aliphatic rings. The molecule has 0 saturated heterocycles. The molecule has 3 N–H and O–H groups in total. The van der Waals surface area contributed by atoms with E-state index in [9.17, 15) is 19.8 Å². The fourth-order valence-corrected chi connectivity index (χ4v) is 11.2. The zero-order chi connectivity index (χ0) is 59.2. The molecule has 0 heterocycles. The number of amides is 1. The molecule has 0 saturated carbocycles. The van der Waals surface area contributed by atoms with Crippen molar-refractivity contribution in [3.05, 3.63) is 60.8 Å². The largest absolute Gasteiger partial charge is 0.466 e. The molecule has 0 spiro atoms. The first-order valence-corrected chi connectivity index (χ1v) is 36.6. The summed E-state index contributed by atoms with van der Waals surface area (Å²) in [6, 6.07) is -0.628. The van der Waals surface area contributed by atoms with Crippen LogP contribution in [0.15, 0.2) is 60.8 Å². The van der Waals surface area contributed by atoms with Crippen molar-refractivity contribution >= 4 is 11.9 Å². The Morgan fingerprint density at radius 2 is 0.610 bits per heavy atom. The lowest BCUT2D eigenvalue weighted by Crippen LogP contribution is -2.45. The van der Waals surface area contributed by atoms with Gasteiger partial charge in [-0.25, -0.2) is 0 Å². The van der Waals surface area contributed by atoms with Crippen LogP contribution in [0.4, 0.5) is 0 Å². The van der Waals surface area contributed by atoms with Crippen LogP contribution in [0, 0.1) is 0 Å². The average Bonchev–Trinajstić information content (AvgIpc) is 3.48. The summed E-state index contributed by atoms with van der Waals surface area (Å²) in [5.41, 5.74) is 0. The number of carbonyl (C=O) groups excluding carboxylic acids is 2. The maximum absolute atomic E-state index is 12.5. The lowest BCUT2D eigenvalue weighted by molar-refractivity contribution is -0.143. The van der Waals surface area contributed by atoms with Gasteiger partial charge in [0.15, 0.2) is 0 Å². The number of hydrogen-bond donors (Lipinski definition) is 3. The second-order valence-electron chi connectivity index (χ2n) is 24.9. The summed E-state index contributed by atoms with van der Waals surface area (Å²) in [7, 11) is 0. The van der Waals surface area contributed by atoms with Gasteiger partial charge >= 0.3 is 5.97 Å². The molecule has 0 aromatic rings. The highest BCUT2D eigenvalue weighted by atomic mass is 16.5. The van der Waals surface area contributed by atoms with E-state index in [1.54, 1.807) is 6.08 Å². The maximum Gasteiger partial charge on any atom is 0.305 e. The average molecular weight is 1150 g/mol. The Morgan fingerprint density at radius 3 is 0.951 bits per heavy atom. The molecule has 0 aromatic heterocycles. The molecular weight excluding hydrogens is 1010 g/mol. The lowest BCUT2D eigenvalue weighted by atomic mass is 10.0. The molecule has 480 valence electrons. The predicted molar refractivity (Wildman–Crippen MR) is 361 cm³/mol. The van der Waals surface area contributed by atoms with E-state index in [0.29, 0.717) is 19.4 Å². The van der Waals surface area contributed by atoms with E-state index in [0.717, 1.165) is 57.8 Å². The van der Waals surface area contributed by atoms with Crippen LogP contribution in [-0.2, 0) is 14.3 Å². The number of rotatable bonds is 68. The van der Waals surface area contributed by atoms with Crippen molar-refractivity contribution in [3.63, 3.8) is 0 Å². The molecule has 2 atom stereocenters. The van der Waals surface area contributed by atoms with Gasteiger partial charge in [-0.2, -0.15) is 0 Å². The van der Waals surface area contributed by atoms with Crippen molar-refractivity contribution < 1.29 is 24.5 Å². The topological polar surface area (TPSA) is 95.9 Å². The standard InChI is InChI=1S/C76H141NO5/c1-3-5-7-9-11-13-15-17-19-20-34-38-42-46-50-54-58-62-66-70-76(81)82-71-67-63-59-55-51-47-43-39-36-33-31-29-27-25-23-21-22-24-26-28-30-32-35-37-41-45-49-53-57-61-65-69-75(80)77-73(72-78)74(79)68-64-60-56-52-48-44-40-18-16-14-12-10-8-6-4-2/h11,13,17,19,23,25,29,31,64,68,73-74,78-79H,3-10,12,14-16,18,20-22,24,26-28,30,32-63,65-67,69-72H2,1-2H3,(H,77,80)/b13-11-,19-17-,25-23-,31-29-,68-64+. The first-order chi connectivity index (χ1) is 40.5. The molecule has 0 aliphatic heterocycles. The Balaban J connectivity index is 3.40. The Bertz CT molecular complexity index is 1420. The van der Waals surface area contributed by atoms with Crippen LogP contribution in [0.3, 0.4) is 0 Å². The summed E-state index contributed by atoms with van der Waals surface area (Å²) in [6.07, 6.45) is 94.5. The third-order valence-electron chi connectivity index (χ3n) is 16.8. The highest BCUT2D eigenvalue weighted by Crippen LogP contribution is 2.18. The SMILES string of the molecule is CCCCC/C=C\C/C=C\CCCCCCCCCCCC(=O)OCCCCCCCCCCC/C=C\C/C=C\CCCCCCCCCCCCCCCCCC(=O)NC(CO)C(O)/C=C/CCCCCCCCCCCCCCC. The van der Waals surface area contributed by atoms with Gasteiger partial charge in [-0.3, -0.25) is 9.59 Å². The second-order valence-corrected chi connectivity index (χ2v) is 24.9. The number of esters is 1. The number of ether oxygens (including phenoxy) is 1. The van der Waals surface area contributed by atoms with E-state index in [2.05, 4.69) is 67.8 Å². The highest BCUT2D eigenvalue weighted by molar-refractivity contribution is 5.76. The van der Waals surface area contributed by atoms with Crippen molar-refractivity contribution in [2.45, 2.75) is 398 Å². The molecule has 0 bridgehead atoms. The van der Waals surface area contributed by atoms with Crippen LogP contribution in [-0.4, -0.2) is 47.4 Å². The van der Waals surface area contributed by atoms with Crippen LogP contribution in [0.2, 0.25) is 0 Å². The van der Waals surface area contributed by atoms with Crippen LogP contribution >= 0.6 is 0 Å². The molecule has 82 heavy (non-hydrogen) atoms. The van der Waals surface area contributed by atoms with Crippen LogP contribution in [0.5, 0.6) is 0 Å². The van der Waals surface area contributed by atoms with E-state index in [-0.39, 0.29) is 18.5 Å². The van der Waals surface area contributed by atoms with Gasteiger partial charge in [0.2, 0.25) is 5.91 Å². The molecule has 1 amide bonds. The normalized spacial score (nSPS) is 12.9. The van der Waals surface area contributed by atoms with Gasteiger partial charge in [-0.15, -0.1) is 0 Å². The van der Waals surface area contributed by atoms with Crippen molar-refractivity contribution in [2.75, 3.05) is 13.2 Å². The molecular formula is C76H141NO5. The Morgan fingerprint density at radius 1 is 0.341 bits per heavy atom. The summed E-state index contributed by atoms with van der Waals surface area (Å²) >= 11 is 0. The molecule has 0 aromatic carbocycles. The number of carbonyl (C=O) groups is 2. The minimum Gasteiger partial charge on any atom is -0.466 e. The van der Waals surface area contributed by atoms with Crippen molar-refractivity contribution in [1.29, 1.82) is 0 Å². The first-order valence-electron chi connectivity index (χ1n) is 36.6. The monoisotopic (exact) mass is 1150 g/mol. The summed E-state index contributed by atoms with van der Waals surface area (Å²) in [6.45, 7) is 4.90. The minimum absolute atomic E-state index is 0.00908. The van der Waals surface area contributed by atoms with Gasteiger partial charge in [0, 0.05) is 12.8 Å². The van der Waals surface area contributed by atoms with E-state index < -0.39 is 12.1 Å². The van der Waals surface area contributed by atoms with Crippen LogP contribution in [0.1, 0.15) is 386 Å². The van der Waals surface area contributed by atoms with Gasteiger partial charge < -0.3 is 20.3 Å². The molecule has 0 aliphatic carbocycles. The number of allylic oxidation sites excluding steroid dienone is 9. The van der Waals surface area contributed by atoms with Gasteiger partial charge in [0.25, 0.3) is 0 Å². The van der Waals surface area contributed by atoms with E-state index >= 15 is 0 Å². The van der Waals surface area contributed by atoms with Crippen molar-refractivity contribution in [2.24, 2.45) is 0 Å². The summed E-state index contributed by atoms with van der Waals surface area (Å²) in [4.78, 5) is 24.6. The number of nitrogens with one attached hydrogen (secondary N) is 1. The molecule has 2 unspecified atom stereocenters. The van der Waals surface area contributed by atoms with Gasteiger partial charge in [0.1, 0.15) is 0 Å². The Kier molecular flexibility index (Phi) is 68.9. The quantitative estimate of drug-likeness (QED) is 0.0320. The third-order valence-corrected chi connectivity index (χ3v) is 16.8. The Labute approximate surface area is 511 Å². The van der Waals surface area contributed by atoms with E-state index in [1.807, 2.05) is 6.08 Å². The second kappa shape index (κ2) is 71.0. The van der Waals surface area contributed by atoms with Gasteiger partial charge in [-0.1, -0.05) is 338 Å². The van der Waals surface area contributed by atoms with Crippen molar-refractivity contribution in [1.82, 2.24) is 5.32 Å². The molecule has 6 heteroatoms. The predicted octanol–water partition coefficient (Wildman–Crippen LogP) is 23.8. The Hall–Kier alpha value is -2.44. The number of aliphatic hydroxyl groups is 2. The number of unbranched alkanes of at least 4 members (excludes halogenated alkanes) is 49. The highest BCUT2D eigenvalue weighted by Gasteiger charge is 2.18. The maximum atomic E-state index is 12.5. The summed E-state index contributed by atoms with van der Waals surface area (Å²) in [5, 5.41) is 23.2. The van der Waals surface area contributed by atoms with E-state index in [4.69, 9.17) is 4.74 Å². The lowest BCUT2D eigenvalue weighted by Gasteiger charge is -2.20. The van der Waals surface area contributed by atoms with Gasteiger partial charge in [-0.05, 0) is 96.3 Å². The number of hydrogen-bond acceptors (Lipinski definition) is 5. The van der Waals surface area contributed by atoms with Crippen LogP contribution < -0.4 is 5.32 Å². The fourth-order valence-electron chi connectivity index (χ4n) is 11.2. The smallest absolute Gasteiger partial charge is 0.305 e. The van der Waals surface area contributed by atoms with E-state index in [1.165, 1.54) is 302 Å². The van der Waals surface area contributed by atoms with Crippen LogP contribution in [0.25, 0.3) is 0 Å². The number of aliphatic hydroxyl groups excluding tert-OH is 2. The summed E-state index contributed by atoms with van der Waals surface area (Å²) < 4.78 is 5.50. The third kappa shape index (κ3) is 66.7. The minimum atomic E-state index is -0.845. The molecule has 0 rings (SSSR count). The van der Waals surface area contributed by atoms with Gasteiger partial charge in [0.05, 0.1) is 25.4 Å². The first kappa shape index (κ1) is 79.6. The van der Waals surface area contributed by atoms with Crippen molar-refractivity contribution in [3.8, 4) is 0 Å².